The number of aryl methyl sites for hydroxylation is 1. The molecule has 0 radical (unpaired) electrons. The van der Waals surface area contributed by atoms with Gasteiger partial charge in [-0.1, -0.05) is 35.1 Å². The summed E-state index contributed by atoms with van der Waals surface area (Å²) in [5, 5.41) is 0.673. The number of rotatable bonds is 7. The molecule has 3 heterocycles. The average molecular weight is 590 g/mol. The van der Waals surface area contributed by atoms with Crippen molar-refractivity contribution in [1.29, 1.82) is 0 Å². The van der Waals surface area contributed by atoms with Crippen LogP contribution in [0.15, 0.2) is 75.7 Å². The first-order valence-corrected chi connectivity index (χ1v) is 14.7. The van der Waals surface area contributed by atoms with Crippen LogP contribution in [0, 0.1) is 13.8 Å². The Hall–Kier alpha value is -3.88. The Morgan fingerprint density at radius 2 is 1.78 bits per heavy atom. The van der Waals surface area contributed by atoms with Gasteiger partial charge in [-0.2, -0.15) is 0 Å². The number of allylic oxidation sites excluding steroid dienone is 1. The van der Waals surface area contributed by atoms with E-state index in [1.54, 1.807) is 18.4 Å². The van der Waals surface area contributed by atoms with Gasteiger partial charge in [-0.25, -0.2) is 9.79 Å². The van der Waals surface area contributed by atoms with Crippen molar-refractivity contribution in [1.82, 2.24) is 9.13 Å². The van der Waals surface area contributed by atoms with Crippen molar-refractivity contribution in [3.8, 4) is 11.4 Å². The van der Waals surface area contributed by atoms with Gasteiger partial charge in [0.05, 0.1) is 34.6 Å². The molecule has 0 spiro atoms. The lowest BCUT2D eigenvalue weighted by Crippen LogP contribution is -2.39. The fourth-order valence-electron chi connectivity index (χ4n) is 5.17. The molecular formula is C32H32ClN3O4S. The van der Waals surface area contributed by atoms with E-state index in [2.05, 4.69) is 15.6 Å². The number of ether oxygens (including phenoxy) is 2. The molecule has 41 heavy (non-hydrogen) atoms. The van der Waals surface area contributed by atoms with Gasteiger partial charge in [0.25, 0.3) is 5.56 Å². The molecular weight excluding hydrogens is 558 g/mol. The highest BCUT2D eigenvalue weighted by Crippen LogP contribution is 2.32. The number of carbonyl (C=O) groups excluding carboxylic acids is 1. The summed E-state index contributed by atoms with van der Waals surface area (Å²) in [6.07, 6.45) is 1.93. The lowest BCUT2D eigenvalue weighted by Gasteiger charge is -2.25. The van der Waals surface area contributed by atoms with Gasteiger partial charge < -0.3 is 14.0 Å². The Bertz CT molecular complexity index is 1830. The highest BCUT2D eigenvalue weighted by atomic mass is 35.5. The van der Waals surface area contributed by atoms with Gasteiger partial charge in [0.2, 0.25) is 0 Å². The van der Waals surface area contributed by atoms with Crippen molar-refractivity contribution in [2.24, 2.45) is 4.99 Å². The zero-order valence-electron chi connectivity index (χ0n) is 23.9. The quantitative estimate of drug-likeness (QED) is 0.261. The highest BCUT2D eigenvalue weighted by molar-refractivity contribution is 7.07. The van der Waals surface area contributed by atoms with E-state index in [1.807, 2.05) is 82.3 Å². The lowest BCUT2D eigenvalue weighted by atomic mass is 9.96. The average Bonchev–Trinajstić information content (AvgIpc) is 3.38. The summed E-state index contributed by atoms with van der Waals surface area (Å²) in [5.74, 6) is 0.229. The molecule has 5 rings (SSSR count). The number of fused-ring (bicyclic) bond motifs is 1. The summed E-state index contributed by atoms with van der Waals surface area (Å²) in [5.41, 5.74) is 5.39. The van der Waals surface area contributed by atoms with E-state index >= 15 is 0 Å². The first-order chi connectivity index (χ1) is 19.6. The minimum Gasteiger partial charge on any atom is -0.491 e. The Balaban J connectivity index is 1.65. The molecule has 9 heteroatoms. The van der Waals surface area contributed by atoms with E-state index < -0.39 is 12.0 Å². The minimum atomic E-state index is -0.679. The predicted molar refractivity (Wildman–Crippen MR) is 163 cm³/mol. The molecule has 0 fully saturated rings. The van der Waals surface area contributed by atoms with Crippen molar-refractivity contribution in [2.45, 2.75) is 53.7 Å². The third-order valence-electron chi connectivity index (χ3n) is 6.93. The van der Waals surface area contributed by atoms with Crippen LogP contribution in [0.3, 0.4) is 0 Å². The summed E-state index contributed by atoms with van der Waals surface area (Å²) in [7, 11) is 0. The number of esters is 1. The second kappa shape index (κ2) is 11.5. The molecule has 212 valence electrons. The second-order valence-corrected chi connectivity index (χ2v) is 11.6. The molecule has 0 N–H and O–H groups in total. The van der Waals surface area contributed by atoms with Crippen molar-refractivity contribution in [2.75, 3.05) is 6.61 Å². The Morgan fingerprint density at radius 1 is 1.10 bits per heavy atom. The topological polar surface area (TPSA) is 74.8 Å². The van der Waals surface area contributed by atoms with Crippen LogP contribution < -0.4 is 19.6 Å². The van der Waals surface area contributed by atoms with Gasteiger partial charge >= 0.3 is 5.97 Å². The maximum Gasteiger partial charge on any atom is 0.338 e. The maximum atomic E-state index is 14.0. The molecule has 0 saturated carbocycles. The van der Waals surface area contributed by atoms with E-state index in [-0.39, 0.29) is 18.3 Å². The van der Waals surface area contributed by atoms with Crippen molar-refractivity contribution in [3.63, 3.8) is 0 Å². The van der Waals surface area contributed by atoms with Gasteiger partial charge in [-0.15, -0.1) is 0 Å². The number of hydrogen-bond donors (Lipinski definition) is 0. The van der Waals surface area contributed by atoms with Crippen molar-refractivity contribution >= 4 is 35.0 Å². The zero-order chi connectivity index (χ0) is 29.4. The van der Waals surface area contributed by atoms with Crippen LogP contribution in [0.5, 0.6) is 5.75 Å². The van der Waals surface area contributed by atoms with Gasteiger partial charge in [0.15, 0.2) is 4.80 Å². The number of aromatic nitrogens is 2. The van der Waals surface area contributed by atoms with E-state index in [0.29, 0.717) is 31.4 Å². The van der Waals surface area contributed by atoms with Crippen LogP contribution in [-0.4, -0.2) is 27.8 Å². The molecule has 0 amide bonds. The summed E-state index contributed by atoms with van der Waals surface area (Å²) in [4.78, 5) is 32.4. The minimum absolute atomic E-state index is 0.0254. The molecule has 1 aliphatic rings. The van der Waals surface area contributed by atoms with Crippen LogP contribution >= 0.6 is 22.9 Å². The fraction of sp³-hybridized carbons (Fsp3) is 0.281. The summed E-state index contributed by atoms with van der Waals surface area (Å²) >= 11 is 7.41. The van der Waals surface area contributed by atoms with Crippen LogP contribution in [0.4, 0.5) is 0 Å². The van der Waals surface area contributed by atoms with Crippen LogP contribution in [-0.2, 0) is 9.53 Å². The van der Waals surface area contributed by atoms with Gasteiger partial charge in [-0.3, -0.25) is 9.36 Å². The van der Waals surface area contributed by atoms with Gasteiger partial charge in [0, 0.05) is 22.1 Å². The largest absolute Gasteiger partial charge is 0.491 e. The third-order valence-corrected chi connectivity index (χ3v) is 8.16. The molecule has 0 bridgehead atoms. The van der Waals surface area contributed by atoms with Crippen LogP contribution in [0.2, 0.25) is 5.02 Å². The molecule has 0 unspecified atom stereocenters. The van der Waals surface area contributed by atoms with E-state index in [9.17, 15) is 9.59 Å². The molecule has 4 aromatic rings. The number of benzene rings is 2. The number of hydrogen-bond acceptors (Lipinski definition) is 6. The smallest absolute Gasteiger partial charge is 0.338 e. The Kier molecular flexibility index (Phi) is 8.07. The lowest BCUT2D eigenvalue weighted by molar-refractivity contribution is -0.139. The maximum absolute atomic E-state index is 14.0. The van der Waals surface area contributed by atoms with E-state index in [0.717, 1.165) is 28.2 Å². The van der Waals surface area contributed by atoms with E-state index in [4.69, 9.17) is 21.1 Å². The van der Waals surface area contributed by atoms with Crippen molar-refractivity contribution < 1.29 is 14.3 Å². The highest BCUT2D eigenvalue weighted by Gasteiger charge is 2.33. The van der Waals surface area contributed by atoms with Gasteiger partial charge in [0.1, 0.15) is 5.75 Å². The van der Waals surface area contributed by atoms with Crippen molar-refractivity contribution in [3.05, 3.63) is 113 Å². The van der Waals surface area contributed by atoms with Gasteiger partial charge in [-0.05, 0) is 101 Å². The Morgan fingerprint density at radius 3 is 2.41 bits per heavy atom. The standard InChI is InChI=1S/C32H32ClN3O4S/c1-7-39-31(38)28-20(5)34-32-36(29(28)22-8-14-26(15-9-22)40-18(2)3)30(37)27(41-32)17-23-16-19(4)35(21(23)6)25-12-10-24(33)11-13-25/h8-18,29H,7H2,1-6H3/b27-17-/t29-/m0/s1. The monoisotopic (exact) mass is 589 g/mol. The first kappa shape index (κ1) is 28.6. The number of carbonyl (C=O) groups is 1. The normalized spacial score (nSPS) is 15.2. The predicted octanol–water partition coefficient (Wildman–Crippen LogP) is 5.65. The molecule has 1 aliphatic heterocycles. The zero-order valence-corrected chi connectivity index (χ0v) is 25.5. The molecule has 7 nitrogen and oxygen atoms in total. The first-order valence-electron chi connectivity index (χ1n) is 13.5. The molecule has 0 aliphatic carbocycles. The van der Waals surface area contributed by atoms with Crippen LogP contribution in [0.25, 0.3) is 11.8 Å². The SMILES string of the molecule is CCOC(=O)C1=C(C)N=c2s/c(=C\c3cc(C)n(-c4ccc(Cl)cc4)c3C)c(=O)n2[C@H]1c1ccc(OC(C)C)cc1. The number of halogens is 1. The summed E-state index contributed by atoms with van der Waals surface area (Å²) in [6, 6.07) is 16.5. The third kappa shape index (κ3) is 5.54. The molecule has 2 aromatic heterocycles. The van der Waals surface area contributed by atoms with Crippen LogP contribution in [0.1, 0.15) is 56.3 Å². The molecule has 1 atom stereocenters. The summed E-state index contributed by atoms with van der Waals surface area (Å²) < 4.78 is 15.5. The summed E-state index contributed by atoms with van der Waals surface area (Å²) in [6.45, 7) is 11.7. The fourth-order valence-corrected chi connectivity index (χ4v) is 6.33. The number of thiazole rings is 1. The van der Waals surface area contributed by atoms with E-state index in [1.165, 1.54) is 11.3 Å². The number of nitrogens with zero attached hydrogens (tertiary/aromatic N) is 3. The Labute approximate surface area is 247 Å². The second-order valence-electron chi connectivity index (χ2n) is 10.2. The molecule has 2 aromatic carbocycles. The molecule has 0 saturated heterocycles.